The molecule has 12 heteroatoms. The molecule has 5 aromatic rings. The summed E-state index contributed by atoms with van der Waals surface area (Å²) in [5.74, 6) is -1.96. The maximum Gasteiger partial charge on any atom is 0.265 e. The number of halogens is 1. The van der Waals surface area contributed by atoms with Gasteiger partial charge in [-0.2, -0.15) is 0 Å². The number of rotatable bonds is 13. The number of aliphatic hydroxyl groups excluding tert-OH is 1. The summed E-state index contributed by atoms with van der Waals surface area (Å²) < 4.78 is 26.3. The van der Waals surface area contributed by atoms with Gasteiger partial charge in [0.05, 0.1) is 11.6 Å². The van der Waals surface area contributed by atoms with Crippen LogP contribution in [-0.2, 0) is 48.4 Å². The summed E-state index contributed by atoms with van der Waals surface area (Å²) in [6.45, 7) is 17.2. The van der Waals surface area contributed by atoms with Crippen LogP contribution in [0.15, 0.2) is 114 Å². The average Bonchev–Trinajstić information content (AvgIpc) is 3.71. The van der Waals surface area contributed by atoms with E-state index in [1.165, 1.54) is 11.1 Å². The molecule has 10 nitrogen and oxygen atoms in total. The number of nitrogens with zero attached hydrogens (tertiary/aromatic N) is 2. The number of carbonyl (C=O) groups is 2. The van der Waals surface area contributed by atoms with Gasteiger partial charge in [0, 0.05) is 42.7 Å². The number of Topliss-reactive ketones (excluding diaryl/α,β-unsaturated/α-hetero) is 2. The number of nitrogens with one attached hydrogen (secondary N) is 1. The third-order valence-electron chi connectivity index (χ3n) is 14.1. The van der Waals surface area contributed by atoms with Crippen molar-refractivity contribution >= 4 is 37.2 Å². The van der Waals surface area contributed by atoms with Gasteiger partial charge in [0.1, 0.15) is 30.3 Å². The highest BCUT2D eigenvalue weighted by molar-refractivity contribution is 6.74. The van der Waals surface area contributed by atoms with Gasteiger partial charge >= 0.3 is 0 Å². The number of hydrogen-bond acceptors (Lipinski definition) is 10. The lowest BCUT2D eigenvalue weighted by molar-refractivity contribution is -0.138. The van der Waals surface area contributed by atoms with Crippen LogP contribution in [-0.4, -0.2) is 53.7 Å². The molecule has 2 N–H and O–H groups in total. The maximum atomic E-state index is 16.0. The Balaban J connectivity index is 1.18. The fourth-order valence-electron chi connectivity index (χ4n) is 9.82. The van der Waals surface area contributed by atoms with Crippen molar-refractivity contribution in [3.63, 3.8) is 0 Å². The van der Waals surface area contributed by atoms with E-state index in [1.54, 1.807) is 6.08 Å². The number of hydrogen-bond donors (Lipinski definition) is 2. The average molecular weight is 899 g/mol. The number of aromatic nitrogens is 1. The predicted octanol–water partition coefficient (Wildman–Crippen LogP) is 10.5. The van der Waals surface area contributed by atoms with E-state index in [2.05, 4.69) is 67.0 Å². The second-order valence-electron chi connectivity index (χ2n) is 19.1. The Labute approximate surface area is 381 Å². The molecular weight excluding hydrogens is 842 g/mol. The summed E-state index contributed by atoms with van der Waals surface area (Å²) >= 11 is 7.50. The molecule has 0 radical (unpaired) electrons. The van der Waals surface area contributed by atoms with Crippen molar-refractivity contribution in [2.75, 3.05) is 13.1 Å². The largest absolute Gasteiger partial charge is 0.507 e. The van der Waals surface area contributed by atoms with Crippen LogP contribution in [0.4, 0.5) is 0 Å². The van der Waals surface area contributed by atoms with Crippen LogP contribution in [0.3, 0.4) is 0 Å². The number of benzene rings is 4. The number of ether oxygens (including phenoxy) is 2. The van der Waals surface area contributed by atoms with Crippen LogP contribution in [0.25, 0.3) is 5.76 Å². The molecule has 0 unspecified atom stereocenters. The fraction of sp³-hybridized carbons (Fsp3) is 0.365. The molecule has 3 aliphatic carbocycles. The van der Waals surface area contributed by atoms with Crippen LogP contribution in [0.2, 0.25) is 23.2 Å². The molecule has 4 aliphatic rings. The Bertz CT molecular complexity index is 2640. The first-order chi connectivity index (χ1) is 30.7. The van der Waals surface area contributed by atoms with Crippen molar-refractivity contribution in [2.24, 2.45) is 11.8 Å². The van der Waals surface area contributed by atoms with E-state index in [1.807, 2.05) is 79.8 Å². The Morgan fingerprint density at radius 3 is 2.28 bits per heavy atom. The second-order valence-corrected chi connectivity index (χ2v) is 24.2. The second kappa shape index (κ2) is 17.2. The van der Waals surface area contributed by atoms with E-state index in [9.17, 15) is 5.11 Å². The number of ketones is 2. The van der Waals surface area contributed by atoms with Crippen molar-refractivity contribution in [1.29, 1.82) is 0 Å². The van der Waals surface area contributed by atoms with Crippen molar-refractivity contribution in [2.45, 2.75) is 96.1 Å². The Kier molecular flexibility index (Phi) is 11.8. The van der Waals surface area contributed by atoms with Crippen molar-refractivity contribution in [3.8, 4) is 11.6 Å². The van der Waals surface area contributed by atoms with Crippen molar-refractivity contribution in [1.82, 2.24) is 15.4 Å². The van der Waals surface area contributed by atoms with Gasteiger partial charge in [-0.3, -0.25) is 14.5 Å². The lowest BCUT2D eigenvalue weighted by Crippen LogP contribution is -2.68. The van der Waals surface area contributed by atoms with Crippen molar-refractivity contribution < 1.29 is 33.1 Å². The minimum Gasteiger partial charge on any atom is -0.507 e. The molecule has 0 saturated heterocycles. The lowest BCUT2D eigenvalue weighted by Gasteiger charge is -2.54. The SMILES string of the molecule is C=CCN[C@@H]1c2onc(OCc3ccccc3)c2C(=O)[C@@]2(O[Si](C)(C)C(C)(C)C)C(=O)C3=C(O)c4c(OCc5ccccc5)cc(CN5CCc6ccccc6C5)c(Cl)c4C[C@H]3C[C@@H]12. The standard InChI is InChI=1S/C52H56ClN3O7Si/c1-7-23-54-45-39-26-36-25-38-42(40(60-30-32-16-10-8-11-17-32)27-37(44(38)53)29-56-24-22-34-20-14-15-21-35(34)28-56)46(57)41(36)48(58)52(39,63-64(5,6)51(2,3)4)49(59)43-47(45)62-55-50(43)61-31-33-18-12-9-13-19-33/h7-21,27,36,39,45,54,57H,1,22-26,28-31H2,2-6H3/t36-,39-,45-,52-/m0/s1. The smallest absolute Gasteiger partial charge is 0.265 e. The van der Waals surface area contributed by atoms with Gasteiger partial charge in [0.15, 0.2) is 19.7 Å². The topological polar surface area (TPSA) is 123 Å². The number of aliphatic hydroxyl groups is 1. The first kappa shape index (κ1) is 43.9. The normalized spacial score (nSPS) is 21.9. The minimum atomic E-state index is -2.95. The van der Waals surface area contributed by atoms with E-state index < -0.39 is 48.4 Å². The molecule has 1 fully saturated rings. The zero-order valence-corrected chi connectivity index (χ0v) is 39.0. The molecule has 9 rings (SSSR count). The fourth-order valence-corrected chi connectivity index (χ4v) is 11.5. The number of fused-ring (bicyclic) bond motifs is 5. The zero-order chi connectivity index (χ0) is 45.0. The molecule has 4 aromatic carbocycles. The number of carbonyl (C=O) groups excluding carboxylic acids is 2. The van der Waals surface area contributed by atoms with Crippen LogP contribution in [0.5, 0.6) is 11.6 Å². The van der Waals surface area contributed by atoms with E-state index >= 15 is 9.59 Å². The van der Waals surface area contributed by atoms with E-state index in [-0.39, 0.29) is 41.7 Å². The summed E-state index contributed by atoms with van der Waals surface area (Å²) in [6, 6.07) is 29.1. The van der Waals surface area contributed by atoms with E-state index in [0.29, 0.717) is 47.8 Å². The van der Waals surface area contributed by atoms with Gasteiger partial charge in [0.2, 0.25) is 11.6 Å². The Hall–Kier alpha value is -5.30. The summed E-state index contributed by atoms with van der Waals surface area (Å²) in [5, 5.41) is 20.8. The maximum absolute atomic E-state index is 16.0. The molecule has 4 atom stereocenters. The first-order valence-corrected chi connectivity index (χ1v) is 25.5. The lowest BCUT2D eigenvalue weighted by atomic mass is 9.57. The summed E-state index contributed by atoms with van der Waals surface area (Å²) in [4.78, 5) is 34.1. The summed E-state index contributed by atoms with van der Waals surface area (Å²) in [6.07, 6.45) is 3.29. The molecule has 0 spiro atoms. The third-order valence-corrected chi connectivity index (χ3v) is 19.0. The Morgan fingerprint density at radius 1 is 0.953 bits per heavy atom. The van der Waals surface area contributed by atoms with Gasteiger partial charge < -0.3 is 28.8 Å². The van der Waals surface area contributed by atoms with Gasteiger partial charge in [0.25, 0.3) is 5.88 Å². The molecule has 1 aromatic heterocycles. The molecular formula is C52H56ClN3O7Si. The Morgan fingerprint density at radius 2 is 1.61 bits per heavy atom. The summed E-state index contributed by atoms with van der Waals surface area (Å²) in [7, 11) is -2.95. The highest BCUT2D eigenvalue weighted by Crippen LogP contribution is 2.59. The van der Waals surface area contributed by atoms with Crippen LogP contribution >= 0.6 is 11.6 Å². The predicted molar refractivity (Wildman–Crippen MR) is 250 cm³/mol. The third kappa shape index (κ3) is 7.74. The molecule has 2 heterocycles. The van der Waals surface area contributed by atoms with Gasteiger partial charge in [-0.15, -0.1) is 6.58 Å². The van der Waals surface area contributed by atoms with Gasteiger partial charge in [-0.05, 0) is 87.9 Å². The van der Waals surface area contributed by atoms with Crippen LogP contribution in [0.1, 0.15) is 88.3 Å². The van der Waals surface area contributed by atoms with Gasteiger partial charge in [-0.25, -0.2) is 0 Å². The molecule has 1 aliphatic heterocycles. The van der Waals surface area contributed by atoms with Crippen LogP contribution in [0, 0.1) is 11.8 Å². The molecule has 64 heavy (non-hydrogen) atoms. The molecule has 0 bridgehead atoms. The zero-order valence-electron chi connectivity index (χ0n) is 37.2. The molecule has 1 saturated carbocycles. The quantitative estimate of drug-likeness (QED) is 0.0671. The minimum absolute atomic E-state index is 0.0128. The van der Waals surface area contributed by atoms with E-state index in [0.717, 1.165) is 36.2 Å². The highest BCUT2D eigenvalue weighted by atomic mass is 35.5. The monoisotopic (exact) mass is 897 g/mol. The van der Waals surface area contributed by atoms with Crippen molar-refractivity contribution in [3.05, 3.63) is 165 Å². The molecule has 0 amide bonds. The highest BCUT2D eigenvalue weighted by Gasteiger charge is 2.68. The van der Waals surface area contributed by atoms with Crippen LogP contribution < -0.4 is 14.8 Å². The summed E-state index contributed by atoms with van der Waals surface area (Å²) in [5.41, 5.74) is 4.59. The van der Waals surface area contributed by atoms with Gasteiger partial charge in [-0.1, -0.05) is 123 Å². The first-order valence-electron chi connectivity index (χ1n) is 22.3. The molecule has 332 valence electrons. The van der Waals surface area contributed by atoms with E-state index in [4.69, 9.17) is 30.0 Å².